The van der Waals surface area contributed by atoms with Crippen molar-refractivity contribution in [3.63, 3.8) is 0 Å². The smallest absolute Gasteiger partial charge is 0.267 e. The van der Waals surface area contributed by atoms with Gasteiger partial charge in [0.25, 0.3) is 11.2 Å². The summed E-state index contributed by atoms with van der Waals surface area (Å²) in [5.41, 5.74) is 3.33. The van der Waals surface area contributed by atoms with Crippen LogP contribution < -0.4 is 10.1 Å². The molecule has 0 aliphatic heterocycles. The molecule has 0 bridgehead atoms. The Morgan fingerprint density at radius 2 is 1.96 bits per heavy atom. The minimum atomic E-state index is -0.448. The zero-order valence-corrected chi connectivity index (χ0v) is 13.4. The zero-order chi connectivity index (χ0) is 16.8. The molecule has 6 nitrogen and oxygen atoms in total. The third-order valence-corrected chi connectivity index (χ3v) is 4.76. The third kappa shape index (κ3) is 2.26. The van der Waals surface area contributed by atoms with Gasteiger partial charge in [0.05, 0.1) is 20.5 Å². The quantitative estimate of drug-likeness (QED) is 0.416. The minimum absolute atomic E-state index is 0.0249. The van der Waals surface area contributed by atoms with Crippen LogP contribution in [0.3, 0.4) is 0 Å². The molecule has 0 aliphatic carbocycles. The summed E-state index contributed by atoms with van der Waals surface area (Å²) in [4.78, 5) is 28.1. The highest BCUT2D eigenvalue weighted by atomic mass is 32.1. The summed E-state index contributed by atoms with van der Waals surface area (Å²) >= 11 is 1.31. The molecule has 4 aromatic rings. The molecule has 0 spiro atoms. The SMILES string of the molecule is Cc1ccc2c(c1)nc1s/c(=C/c3ccc([N+](=O)[O-])cc3)c(=O)n12. The van der Waals surface area contributed by atoms with Crippen molar-refractivity contribution in [2.75, 3.05) is 0 Å². The van der Waals surface area contributed by atoms with Crippen LogP contribution in [0.4, 0.5) is 5.69 Å². The number of thiazole rings is 1. The lowest BCUT2D eigenvalue weighted by atomic mass is 10.2. The molecule has 0 saturated heterocycles. The Hall–Kier alpha value is -3.06. The molecule has 2 aromatic carbocycles. The van der Waals surface area contributed by atoms with Gasteiger partial charge in [-0.1, -0.05) is 17.4 Å². The van der Waals surface area contributed by atoms with Gasteiger partial charge in [0.15, 0.2) is 4.96 Å². The highest BCUT2D eigenvalue weighted by Gasteiger charge is 2.11. The monoisotopic (exact) mass is 337 g/mol. The highest BCUT2D eigenvalue weighted by molar-refractivity contribution is 7.15. The second-order valence-corrected chi connectivity index (χ2v) is 6.50. The fourth-order valence-corrected chi connectivity index (χ4v) is 3.61. The number of hydrogen-bond acceptors (Lipinski definition) is 5. The van der Waals surface area contributed by atoms with Gasteiger partial charge in [-0.15, -0.1) is 0 Å². The van der Waals surface area contributed by atoms with E-state index in [0.717, 1.165) is 22.2 Å². The molecule has 7 heteroatoms. The van der Waals surface area contributed by atoms with Crippen LogP contribution in [0.2, 0.25) is 0 Å². The number of aromatic nitrogens is 2. The maximum absolute atomic E-state index is 12.7. The summed E-state index contributed by atoms with van der Waals surface area (Å²) in [6.07, 6.45) is 1.73. The fraction of sp³-hybridized carbons (Fsp3) is 0.0588. The number of rotatable bonds is 2. The molecule has 0 N–H and O–H groups in total. The molecule has 0 atom stereocenters. The summed E-state index contributed by atoms with van der Waals surface area (Å²) in [7, 11) is 0. The van der Waals surface area contributed by atoms with Gasteiger partial charge in [-0.05, 0) is 48.4 Å². The van der Waals surface area contributed by atoms with E-state index >= 15 is 0 Å². The van der Waals surface area contributed by atoms with Crippen molar-refractivity contribution < 1.29 is 4.92 Å². The Morgan fingerprint density at radius 1 is 1.21 bits per heavy atom. The molecule has 2 heterocycles. The molecule has 4 rings (SSSR count). The number of imidazole rings is 1. The first-order chi connectivity index (χ1) is 11.5. The lowest BCUT2D eigenvalue weighted by Gasteiger charge is -1.93. The molecule has 24 heavy (non-hydrogen) atoms. The first kappa shape index (κ1) is 14.5. The highest BCUT2D eigenvalue weighted by Crippen LogP contribution is 2.18. The van der Waals surface area contributed by atoms with E-state index in [0.29, 0.717) is 9.49 Å². The number of nitro groups is 1. The Kier molecular flexibility index (Phi) is 3.17. The minimum Gasteiger partial charge on any atom is -0.267 e. The Bertz CT molecular complexity index is 1210. The number of fused-ring (bicyclic) bond motifs is 3. The third-order valence-electron chi connectivity index (χ3n) is 3.80. The van der Waals surface area contributed by atoms with E-state index in [4.69, 9.17) is 0 Å². The van der Waals surface area contributed by atoms with E-state index in [2.05, 4.69) is 4.98 Å². The average molecular weight is 337 g/mol. The van der Waals surface area contributed by atoms with Gasteiger partial charge in [-0.3, -0.25) is 14.9 Å². The first-order valence-electron chi connectivity index (χ1n) is 7.21. The second-order valence-electron chi connectivity index (χ2n) is 5.49. The van der Waals surface area contributed by atoms with Gasteiger partial charge in [0, 0.05) is 12.1 Å². The van der Waals surface area contributed by atoms with Crippen LogP contribution in [0.5, 0.6) is 0 Å². The van der Waals surface area contributed by atoms with Crippen LogP contribution in [0.25, 0.3) is 22.1 Å². The molecular weight excluding hydrogens is 326 g/mol. The summed E-state index contributed by atoms with van der Waals surface area (Å²) in [5, 5.41) is 10.7. The number of nitro benzene ring substituents is 1. The molecule has 0 aliphatic rings. The Balaban J connectivity index is 1.89. The maximum Gasteiger partial charge on any atom is 0.274 e. The molecule has 0 unspecified atom stereocenters. The predicted molar refractivity (Wildman–Crippen MR) is 93.5 cm³/mol. The number of non-ortho nitro benzene ring substituents is 1. The van der Waals surface area contributed by atoms with Crippen LogP contribution in [-0.2, 0) is 0 Å². The van der Waals surface area contributed by atoms with Crippen molar-refractivity contribution in [1.29, 1.82) is 0 Å². The lowest BCUT2D eigenvalue weighted by molar-refractivity contribution is -0.384. The fourth-order valence-electron chi connectivity index (χ4n) is 2.62. The first-order valence-corrected chi connectivity index (χ1v) is 8.02. The molecular formula is C17H11N3O3S. The molecule has 0 fully saturated rings. The van der Waals surface area contributed by atoms with Gasteiger partial charge < -0.3 is 0 Å². The normalized spacial score (nSPS) is 12.3. The summed E-state index contributed by atoms with van der Waals surface area (Å²) in [6.45, 7) is 1.98. The predicted octanol–water partition coefficient (Wildman–Crippen LogP) is 2.67. The standard InChI is InChI=1S/C17H11N3O3S/c1-10-2-7-14-13(8-10)18-17-19(14)16(21)15(24-17)9-11-3-5-12(6-4-11)20(22)23/h2-9H,1H3/b15-9+. The van der Waals surface area contributed by atoms with Crippen LogP contribution in [0.15, 0.2) is 47.3 Å². The van der Waals surface area contributed by atoms with Crippen molar-refractivity contribution in [3.8, 4) is 0 Å². The summed E-state index contributed by atoms with van der Waals surface area (Å²) in [5.74, 6) is 0. The van der Waals surface area contributed by atoms with Crippen molar-refractivity contribution in [2.45, 2.75) is 6.92 Å². The maximum atomic E-state index is 12.7. The number of benzene rings is 2. The molecule has 0 saturated carbocycles. The molecule has 2 aromatic heterocycles. The van der Waals surface area contributed by atoms with E-state index in [1.54, 1.807) is 22.6 Å². The van der Waals surface area contributed by atoms with Crippen molar-refractivity contribution in [2.24, 2.45) is 0 Å². The van der Waals surface area contributed by atoms with E-state index in [1.165, 1.54) is 23.5 Å². The lowest BCUT2D eigenvalue weighted by Crippen LogP contribution is -2.22. The molecule has 0 amide bonds. The van der Waals surface area contributed by atoms with Crippen LogP contribution >= 0.6 is 11.3 Å². The van der Waals surface area contributed by atoms with E-state index in [1.807, 2.05) is 25.1 Å². The molecule has 0 radical (unpaired) electrons. The Labute approximate surface area is 139 Å². The van der Waals surface area contributed by atoms with Gasteiger partial charge in [0.2, 0.25) is 0 Å². The second kappa shape index (κ2) is 5.24. The van der Waals surface area contributed by atoms with Crippen LogP contribution in [0, 0.1) is 17.0 Å². The van der Waals surface area contributed by atoms with E-state index < -0.39 is 4.92 Å². The average Bonchev–Trinajstić information content (AvgIpc) is 3.04. The van der Waals surface area contributed by atoms with Gasteiger partial charge >= 0.3 is 0 Å². The summed E-state index contributed by atoms with van der Waals surface area (Å²) in [6, 6.07) is 11.9. The van der Waals surface area contributed by atoms with Crippen molar-refractivity contribution >= 4 is 39.1 Å². The van der Waals surface area contributed by atoms with E-state index in [-0.39, 0.29) is 11.2 Å². The molecule has 118 valence electrons. The van der Waals surface area contributed by atoms with Crippen LogP contribution in [0.1, 0.15) is 11.1 Å². The van der Waals surface area contributed by atoms with Gasteiger partial charge in [-0.25, -0.2) is 9.38 Å². The topological polar surface area (TPSA) is 77.5 Å². The van der Waals surface area contributed by atoms with Gasteiger partial charge in [0.1, 0.15) is 0 Å². The van der Waals surface area contributed by atoms with Crippen molar-refractivity contribution in [3.05, 3.63) is 78.6 Å². The largest absolute Gasteiger partial charge is 0.274 e. The van der Waals surface area contributed by atoms with E-state index in [9.17, 15) is 14.9 Å². The summed E-state index contributed by atoms with van der Waals surface area (Å²) < 4.78 is 2.16. The van der Waals surface area contributed by atoms with Gasteiger partial charge in [-0.2, -0.15) is 0 Å². The Morgan fingerprint density at radius 3 is 2.67 bits per heavy atom. The number of hydrogen-bond donors (Lipinski definition) is 0. The number of nitrogens with zero attached hydrogens (tertiary/aromatic N) is 3. The zero-order valence-electron chi connectivity index (χ0n) is 12.6. The van der Waals surface area contributed by atoms with Crippen molar-refractivity contribution in [1.82, 2.24) is 9.38 Å². The van der Waals surface area contributed by atoms with Crippen LogP contribution in [-0.4, -0.2) is 14.3 Å². The number of aryl methyl sites for hydroxylation is 1.